The molecule has 8 nitrogen and oxygen atoms in total. The molecular formula is C9H13N5O3. The molecule has 1 aromatic rings. The molecule has 1 saturated heterocycles. The van der Waals surface area contributed by atoms with Crippen molar-refractivity contribution in [3.8, 4) is 0 Å². The van der Waals surface area contributed by atoms with Gasteiger partial charge in [-0.05, 0) is 9.91 Å². The van der Waals surface area contributed by atoms with Gasteiger partial charge in [-0.1, -0.05) is 0 Å². The lowest BCUT2D eigenvalue weighted by Crippen LogP contribution is -2.24. The van der Waals surface area contributed by atoms with E-state index in [1.807, 2.05) is 0 Å². The lowest BCUT2D eigenvalue weighted by atomic mass is 10.2. The number of aryl methyl sites for hydroxylation is 1. The standard InChI is InChI=1S/C9H13N5O3/c1-5-11-9(14(16)17)8(13(5)2)12-6-3-7(15)10-4-6/h6,12H,3-4H2,1-2H3,(H,10,15). The van der Waals surface area contributed by atoms with E-state index in [1.165, 1.54) is 0 Å². The Kier molecular flexibility index (Phi) is 2.70. The van der Waals surface area contributed by atoms with Gasteiger partial charge in [0.1, 0.15) is 0 Å². The third-order valence-corrected chi connectivity index (χ3v) is 2.79. The van der Waals surface area contributed by atoms with Gasteiger partial charge in [0.05, 0.1) is 6.04 Å². The molecule has 1 fully saturated rings. The normalized spacial score (nSPS) is 19.2. The molecule has 1 atom stereocenters. The monoisotopic (exact) mass is 239 g/mol. The van der Waals surface area contributed by atoms with Crippen LogP contribution in [-0.4, -0.2) is 33.0 Å². The molecule has 0 aromatic carbocycles. The van der Waals surface area contributed by atoms with Crippen LogP contribution < -0.4 is 10.6 Å². The smallest absolute Gasteiger partial charge is 0.359 e. The van der Waals surface area contributed by atoms with Crippen LogP contribution in [0.4, 0.5) is 11.6 Å². The maximum absolute atomic E-state index is 11.0. The largest absolute Gasteiger partial charge is 0.406 e. The molecule has 0 aliphatic carbocycles. The lowest BCUT2D eigenvalue weighted by molar-refractivity contribution is -0.388. The van der Waals surface area contributed by atoms with Crippen LogP contribution in [-0.2, 0) is 11.8 Å². The second kappa shape index (κ2) is 4.04. The van der Waals surface area contributed by atoms with Crippen LogP contribution in [0.1, 0.15) is 12.2 Å². The zero-order valence-electron chi connectivity index (χ0n) is 9.56. The summed E-state index contributed by atoms with van der Waals surface area (Å²) in [6.45, 7) is 2.16. The summed E-state index contributed by atoms with van der Waals surface area (Å²) in [7, 11) is 1.70. The van der Waals surface area contributed by atoms with Crippen molar-refractivity contribution in [2.45, 2.75) is 19.4 Å². The van der Waals surface area contributed by atoms with Crippen molar-refractivity contribution < 1.29 is 9.72 Å². The predicted octanol–water partition coefficient (Wildman–Crippen LogP) is -0.0629. The Balaban J connectivity index is 2.25. The van der Waals surface area contributed by atoms with Gasteiger partial charge in [0, 0.05) is 26.9 Å². The Hall–Kier alpha value is -2.12. The Morgan fingerprint density at radius 2 is 2.35 bits per heavy atom. The molecule has 8 heteroatoms. The summed E-state index contributed by atoms with van der Waals surface area (Å²) in [6, 6.07) is -0.129. The van der Waals surface area contributed by atoms with Crippen LogP contribution in [0.5, 0.6) is 0 Å². The van der Waals surface area contributed by atoms with E-state index < -0.39 is 4.92 Å². The summed E-state index contributed by atoms with van der Waals surface area (Å²) in [6.07, 6.45) is 0.321. The summed E-state index contributed by atoms with van der Waals surface area (Å²) >= 11 is 0. The van der Waals surface area contributed by atoms with Crippen molar-refractivity contribution in [1.82, 2.24) is 14.9 Å². The third-order valence-electron chi connectivity index (χ3n) is 2.79. The highest BCUT2D eigenvalue weighted by Gasteiger charge is 2.28. The molecule has 2 rings (SSSR count). The van der Waals surface area contributed by atoms with E-state index in [9.17, 15) is 14.9 Å². The van der Waals surface area contributed by atoms with Gasteiger partial charge in [-0.15, -0.1) is 0 Å². The minimum Gasteiger partial charge on any atom is -0.359 e. The molecule has 0 bridgehead atoms. The number of amides is 1. The van der Waals surface area contributed by atoms with Gasteiger partial charge in [0.15, 0.2) is 0 Å². The Bertz CT molecular complexity index is 481. The number of hydrogen-bond donors (Lipinski definition) is 2. The first-order valence-electron chi connectivity index (χ1n) is 5.20. The van der Waals surface area contributed by atoms with Crippen molar-refractivity contribution in [1.29, 1.82) is 0 Å². The van der Waals surface area contributed by atoms with Crippen LogP contribution in [0.25, 0.3) is 0 Å². The van der Waals surface area contributed by atoms with Crippen molar-refractivity contribution in [3.63, 3.8) is 0 Å². The third kappa shape index (κ3) is 2.05. The fraction of sp³-hybridized carbons (Fsp3) is 0.556. The van der Waals surface area contributed by atoms with Crippen LogP contribution in [0.15, 0.2) is 0 Å². The van der Waals surface area contributed by atoms with E-state index in [1.54, 1.807) is 18.5 Å². The van der Waals surface area contributed by atoms with Crippen LogP contribution in [0.2, 0.25) is 0 Å². The number of hydrogen-bond acceptors (Lipinski definition) is 5. The SMILES string of the molecule is Cc1nc([N+](=O)[O-])c(NC2CNC(=O)C2)n1C. The summed E-state index contributed by atoms with van der Waals surface area (Å²) in [5, 5.41) is 16.5. The fourth-order valence-electron chi connectivity index (χ4n) is 1.78. The maximum atomic E-state index is 11.0. The minimum absolute atomic E-state index is 0.0518. The first-order chi connectivity index (χ1) is 7.99. The number of rotatable bonds is 3. The maximum Gasteiger partial charge on any atom is 0.406 e. The molecule has 1 unspecified atom stereocenters. The summed E-state index contributed by atoms with van der Waals surface area (Å²) in [4.78, 5) is 25.2. The average Bonchev–Trinajstić information content (AvgIpc) is 2.77. The second-order valence-corrected chi connectivity index (χ2v) is 4.00. The fourth-order valence-corrected chi connectivity index (χ4v) is 1.78. The van der Waals surface area contributed by atoms with Crippen LogP contribution in [0, 0.1) is 17.0 Å². The Labute approximate surface area is 97.2 Å². The quantitative estimate of drug-likeness (QED) is 0.568. The van der Waals surface area contributed by atoms with Gasteiger partial charge in [-0.3, -0.25) is 9.36 Å². The molecule has 2 heterocycles. The Morgan fingerprint density at radius 1 is 1.65 bits per heavy atom. The number of nitro groups is 1. The number of nitrogens with one attached hydrogen (secondary N) is 2. The van der Waals surface area contributed by atoms with E-state index in [0.717, 1.165) is 0 Å². The van der Waals surface area contributed by atoms with Crippen molar-refractivity contribution in [2.24, 2.45) is 7.05 Å². The van der Waals surface area contributed by atoms with E-state index >= 15 is 0 Å². The highest BCUT2D eigenvalue weighted by Crippen LogP contribution is 2.25. The minimum atomic E-state index is -0.528. The van der Waals surface area contributed by atoms with Gasteiger partial charge in [0.25, 0.3) is 0 Å². The molecule has 1 aliphatic rings. The predicted molar refractivity (Wildman–Crippen MR) is 59.6 cm³/mol. The summed E-state index contributed by atoms with van der Waals surface area (Å²) < 4.78 is 1.61. The van der Waals surface area contributed by atoms with Gasteiger partial charge in [-0.2, -0.15) is 0 Å². The molecule has 2 N–H and O–H groups in total. The number of carbonyl (C=O) groups excluding carboxylic acids is 1. The molecule has 0 radical (unpaired) electrons. The van der Waals surface area contributed by atoms with Crippen LogP contribution >= 0.6 is 0 Å². The molecule has 17 heavy (non-hydrogen) atoms. The molecule has 1 amide bonds. The first kappa shape index (κ1) is 11.4. The number of aromatic nitrogens is 2. The van der Waals surface area contributed by atoms with Crippen LogP contribution in [0.3, 0.4) is 0 Å². The van der Waals surface area contributed by atoms with E-state index in [2.05, 4.69) is 15.6 Å². The Morgan fingerprint density at radius 3 is 2.88 bits per heavy atom. The molecule has 1 aliphatic heterocycles. The second-order valence-electron chi connectivity index (χ2n) is 4.00. The highest BCUT2D eigenvalue weighted by molar-refractivity contribution is 5.79. The van der Waals surface area contributed by atoms with Gasteiger partial charge in [0.2, 0.25) is 17.5 Å². The van der Waals surface area contributed by atoms with E-state index in [4.69, 9.17) is 0 Å². The number of nitrogens with zero attached hydrogens (tertiary/aromatic N) is 3. The molecule has 0 saturated carbocycles. The van der Waals surface area contributed by atoms with Crippen molar-refractivity contribution in [2.75, 3.05) is 11.9 Å². The molecule has 92 valence electrons. The number of carbonyl (C=O) groups is 1. The highest BCUT2D eigenvalue weighted by atomic mass is 16.6. The number of imidazole rings is 1. The van der Waals surface area contributed by atoms with Crippen molar-refractivity contribution >= 4 is 17.5 Å². The van der Waals surface area contributed by atoms with E-state index in [-0.39, 0.29) is 17.8 Å². The molecular weight excluding hydrogens is 226 g/mol. The zero-order chi connectivity index (χ0) is 12.6. The summed E-state index contributed by atoms with van der Waals surface area (Å²) in [5.41, 5.74) is 0. The van der Waals surface area contributed by atoms with Gasteiger partial charge in [-0.25, -0.2) is 0 Å². The zero-order valence-corrected chi connectivity index (χ0v) is 9.56. The van der Waals surface area contributed by atoms with Gasteiger partial charge < -0.3 is 20.7 Å². The molecule has 1 aromatic heterocycles. The average molecular weight is 239 g/mol. The van der Waals surface area contributed by atoms with E-state index in [0.29, 0.717) is 24.6 Å². The van der Waals surface area contributed by atoms with Gasteiger partial charge >= 0.3 is 5.82 Å². The summed E-state index contributed by atoms with van der Waals surface area (Å²) in [5.74, 6) is 0.638. The topological polar surface area (TPSA) is 102 Å². The number of anilines is 1. The molecule has 0 spiro atoms. The van der Waals surface area contributed by atoms with Crippen molar-refractivity contribution in [3.05, 3.63) is 15.9 Å². The lowest BCUT2D eigenvalue weighted by Gasteiger charge is -2.11. The first-order valence-corrected chi connectivity index (χ1v) is 5.20.